The summed E-state index contributed by atoms with van der Waals surface area (Å²) in [6.45, 7) is 2.40. The van der Waals surface area contributed by atoms with Crippen LogP contribution in [0, 0.1) is 5.41 Å². The van der Waals surface area contributed by atoms with Crippen molar-refractivity contribution in [3.63, 3.8) is 0 Å². The molecule has 4 nitrogen and oxygen atoms in total. The zero-order chi connectivity index (χ0) is 21.0. The molecule has 158 valence electrons. The molecule has 2 aromatic carbocycles. The number of likely N-dealkylation sites (tertiary alicyclic amines) is 1. The van der Waals surface area contributed by atoms with Crippen LogP contribution in [-0.4, -0.2) is 40.0 Å². The first-order valence-corrected chi connectivity index (χ1v) is 11.6. The Labute approximate surface area is 183 Å². The summed E-state index contributed by atoms with van der Waals surface area (Å²) in [5.74, 6) is 0.0944. The standard InChI is InChI=1S/C27H29N3O/c1-27-17-22-23(16-18-8-3-2-4-9-18)30(25(27)13-7-12-24(27)29-22)26(31)21-15-14-19-10-5-6-11-20(19)28-21/h2-6,8-11,14-15,22-25,29H,7,12-13,16-17H2,1H3/t22-,23-,24-,25+,27-/m0/s1. The van der Waals surface area contributed by atoms with Crippen molar-refractivity contribution in [3.8, 4) is 0 Å². The Bertz CT molecular complexity index is 1130. The van der Waals surface area contributed by atoms with Gasteiger partial charge in [0.2, 0.25) is 0 Å². The van der Waals surface area contributed by atoms with E-state index in [0.717, 1.165) is 30.2 Å². The molecule has 0 unspecified atom stereocenters. The van der Waals surface area contributed by atoms with E-state index in [4.69, 9.17) is 4.98 Å². The Morgan fingerprint density at radius 1 is 1.06 bits per heavy atom. The van der Waals surface area contributed by atoms with Crippen LogP contribution < -0.4 is 5.32 Å². The average Bonchev–Trinajstić information content (AvgIpc) is 3.15. The molecule has 3 aliphatic rings. The van der Waals surface area contributed by atoms with Crippen LogP contribution in [0.25, 0.3) is 10.9 Å². The highest BCUT2D eigenvalue weighted by molar-refractivity contribution is 5.95. The van der Waals surface area contributed by atoms with Crippen molar-refractivity contribution in [2.24, 2.45) is 5.41 Å². The molecule has 1 amide bonds. The van der Waals surface area contributed by atoms with Crippen LogP contribution in [0.4, 0.5) is 0 Å². The average molecular weight is 412 g/mol. The Morgan fingerprint density at radius 2 is 1.87 bits per heavy atom. The lowest BCUT2D eigenvalue weighted by atomic mass is 9.64. The smallest absolute Gasteiger partial charge is 0.273 e. The summed E-state index contributed by atoms with van der Waals surface area (Å²) >= 11 is 0. The summed E-state index contributed by atoms with van der Waals surface area (Å²) in [6, 6.07) is 23.9. The van der Waals surface area contributed by atoms with E-state index in [1.165, 1.54) is 18.4 Å². The Balaban J connectivity index is 1.42. The first-order chi connectivity index (χ1) is 15.1. The molecule has 1 aromatic heterocycles. The molecule has 2 bridgehead atoms. The first-order valence-electron chi connectivity index (χ1n) is 11.6. The van der Waals surface area contributed by atoms with Crippen LogP contribution in [-0.2, 0) is 6.42 Å². The number of amides is 1. The number of hydrogen-bond acceptors (Lipinski definition) is 3. The summed E-state index contributed by atoms with van der Waals surface area (Å²) in [5.41, 5.74) is 2.91. The third-order valence-electron chi connectivity index (χ3n) is 8.10. The largest absolute Gasteiger partial charge is 0.329 e. The van der Waals surface area contributed by atoms with Crippen molar-refractivity contribution in [3.05, 3.63) is 78.0 Å². The van der Waals surface area contributed by atoms with E-state index in [0.29, 0.717) is 17.8 Å². The fourth-order valence-corrected chi connectivity index (χ4v) is 6.58. The second kappa shape index (κ2) is 7.16. The fourth-order valence-electron chi connectivity index (χ4n) is 6.58. The molecule has 0 spiro atoms. The number of hydrogen-bond donors (Lipinski definition) is 1. The predicted molar refractivity (Wildman–Crippen MR) is 123 cm³/mol. The summed E-state index contributed by atoms with van der Waals surface area (Å²) in [6.07, 6.45) is 5.54. The van der Waals surface area contributed by atoms with Crippen molar-refractivity contribution in [2.75, 3.05) is 0 Å². The van der Waals surface area contributed by atoms with Crippen LogP contribution in [0.3, 0.4) is 0 Å². The van der Waals surface area contributed by atoms with Crippen molar-refractivity contribution in [1.29, 1.82) is 0 Å². The van der Waals surface area contributed by atoms with Crippen LogP contribution in [0.15, 0.2) is 66.7 Å². The van der Waals surface area contributed by atoms with Crippen molar-refractivity contribution in [2.45, 2.75) is 63.2 Å². The monoisotopic (exact) mass is 411 g/mol. The molecule has 3 aromatic rings. The van der Waals surface area contributed by atoms with Crippen molar-refractivity contribution >= 4 is 16.8 Å². The van der Waals surface area contributed by atoms with Gasteiger partial charge < -0.3 is 10.2 Å². The molecule has 1 aliphatic carbocycles. The lowest BCUT2D eigenvalue weighted by Gasteiger charge is -2.53. The molecule has 3 fully saturated rings. The number of carbonyl (C=O) groups is 1. The number of fused-ring (bicyclic) bond motifs is 2. The molecule has 2 saturated heterocycles. The third-order valence-corrected chi connectivity index (χ3v) is 8.10. The first kappa shape index (κ1) is 19.0. The quantitative estimate of drug-likeness (QED) is 0.686. The number of aromatic nitrogens is 1. The summed E-state index contributed by atoms with van der Waals surface area (Å²) in [5, 5.41) is 5.02. The number of para-hydroxylation sites is 1. The molecular formula is C27H29N3O. The Kier molecular flexibility index (Phi) is 4.39. The number of carbonyl (C=O) groups excluding carboxylic acids is 1. The van der Waals surface area contributed by atoms with Gasteiger partial charge in [-0.3, -0.25) is 4.79 Å². The number of benzene rings is 2. The highest BCUT2D eigenvalue weighted by Gasteiger charge is 2.60. The van der Waals surface area contributed by atoms with Gasteiger partial charge in [0.05, 0.1) is 11.6 Å². The molecule has 2 aliphatic heterocycles. The predicted octanol–water partition coefficient (Wildman–Crippen LogP) is 4.59. The molecule has 31 heavy (non-hydrogen) atoms. The van der Waals surface area contributed by atoms with Gasteiger partial charge in [0, 0.05) is 28.9 Å². The summed E-state index contributed by atoms with van der Waals surface area (Å²) < 4.78 is 0. The molecule has 3 heterocycles. The normalized spacial score (nSPS) is 31.7. The van der Waals surface area contributed by atoms with Gasteiger partial charge in [-0.25, -0.2) is 4.98 Å². The maximum Gasteiger partial charge on any atom is 0.273 e. The number of nitrogens with one attached hydrogen (secondary N) is 1. The SMILES string of the molecule is C[C@]12C[C@@H]3N[C@H]1CCC[C@H]2N(C(=O)c1ccc2ccccc2n1)[C@H]3Cc1ccccc1. The van der Waals surface area contributed by atoms with Gasteiger partial charge in [-0.2, -0.15) is 0 Å². The molecular weight excluding hydrogens is 382 g/mol. The molecule has 0 radical (unpaired) electrons. The summed E-state index contributed by atoms with van der Waals surface area (Å²) in [4.78, 5) is 21.1. The van der Waals surface area contributed by atoms with Crippen LogP contribution in [0.1, 0.15) is 48.7 Å². The maximum atomic E-state index is 14.0. The van der Waals surface area contributed by atoms with Gasteiger partial charge in [0.15, 0.2) is 0 Å². The molecule has 5 atom stereocenters. The minimum absolute atomic E-state index is 0.0944. The van der Waals surface area contributed by atoms with Crippen molar-refractivity contribution < 1.29 is 4.79 Å². The fraction of sp³-hybridized carbons (Fsp3) is 0.407. The topological polar surface area (TPSA) is 45.2 Å². The zero-order valence-electron chi connectivity index (χ0n) is 18.0. The van der Waals surface area contributed by atoms with Gasteiger partial charge >= 0.3 is 0 Å². The lowest BCUT2D eigenvalue weighted by molar-refractivity contribution is -0.0114. The Hall–Kier alpha value is -2.72. The van der Waals surface area contributed by atoms with Gasteiger partial charge in [-0.1, -0.05) is 61.5 Å². The van der Waals surface area contributed by atoms with E-state index in [2.05, 4.69) is 47.5 Å². The zero-order valence-corrected chi connectivity index (χ0v) is 18.0. The van der Waals surface area contributed by atoms with E-state index in [1.54, 1.807) is 0 Å². The second-order valence-corrected chi connectivity index (χ2v) is 9.84. The highest BCUT2D eigenvalue weighted by Crippen LogP contribution is 2.52. The second-order valence-electron chi connectivity index (χ2n) is 9.84. The van der Waals surface area contributed by atoms with Gasteiger partial charge in [-0.05, 0) is 49.8 Å². The number of pyridine rings is 1. The minimum Gasteiger partial charge on any atom is -0.329 e. The number of rotatable bonds is 3. The van der Waals surface area contributed by atoms with Crippen LogP contribution in [0.5, 0.6) is 0 Å². The van der Waals surface area contributed by atoms with Gasteiger partial charge in [0.25, 0.3) is 5.91 Å². The van der Waals surface area contributed by atoms with E-state index in [9.17, 15) is 4.79 Å². The third kappa shape index (κ3) is 3.00. The minimum atomic E-state index is 0.0944. The van der Waals surface area contributed by atoms with Crippen LogP contribution in [0.2, 0.25) is 0 Å². The van der Waals surface area contributed by atoms with Crippen molar-refractivity contribution in [1.82, 2.24) is 15.2 Å². The summed E-state index contributed by atoms with van der Waals surface area (Å²) in [7, 11) is 0. The maximum absolute atomic E-state index is 14.0. The molecule has 6 rings (SSSR count). The van der Waals surface area contributed by atoms with E-state index in [-0.39, 0.29) is 23.4 Å². The Morgan fingerprint density at radius 3 is 2.74 bits per heavy atom. The number of piperidine rings is 1. The lowest BCUT2D eigenvalue weighted by Crippen LogP contribution is -2.62. The van der Waals surface area contributed by atoms with Crippen LogP contribution >= 0.6 is 0 Å². The van der Waals surface area contributed by atoms with Gasteiger partial charge in [-0.15, -0.1) is 0 Å². The highest BCUT2D eigenvalue weighted by atomic mass is 16.2. The van der Waals surface area contributed by atoms with E-state index in [1.807, 2.05) is 36.4 Å². The van der Waals surface area contributed by atoms with E-state index >= 15 is 0 Å². The number of nitrogens with zero attached hydrogens (tertiary/aromatic N) is 2. The van der Waals surface area contributed by atoms with Gasteiger partial charge in [0.1, 0.15) is 5.69 Å². The molecule has 1 N–H and O–H groups in total. The molecule has 4 heteroatoms. The van der Waals surface area contributed by atoms with E-state index < -0.39 is 0 Å². The molecule has 1 saturated carbocycles.